The summed E-state index contributed by atoms with van der Waals surface area (Å²) in [5.74, 6) is 2.04. The van der Waals surface area contributed by atoms with E-state index in [1.807, 2.05) is 0 Å². The molecule has 3 rings (SSSR count). The zero-order chi connectivity index (χ0) is 13.8. The molecule has 0 aromatic heterocycles. The van der Waals surface area contributed by atoms with Crippen LogP contribution >= 0.6 is 0 Å². The number of rotatable bonds is 4. The molecule has 2 heteroatoms. The number of fused-ring (bicyclic) bond motifs is 1. The number of hydrogen-bond donors (Lipinski definition) is 1. The molecule has 1 N–H and O–H groups in total. The maximum atomic E-state index is 5.78. The van der Waals surface area contributed by atoms with Crippen molar-refractivity contribution in [2.24, 2.45) is 5.92 Å². The van der Waals surface area contributed by atoms with Gasteiger partial charge in [0, 0.05) is 11.6 Å². The van der Waals surface area contributed by atoms with Crippen molar-refractivity contribution >= 4 is 0 Å². The Morgan fingerprint density at radius 2 is 2.05 bits per heavy atom. The Labute approximate surface area is 122 Å². The highest BCUT2D eigenvalue weighted by molar-refractivity contribution is 5.39. The molecule has 0 amide bonds. The van der Waals surface area contributed by atoms with Crippen LogP contribution in [0.2, 0.25) is 0 Å². The monoisotopic (exact) mass is 273 g/mol. The van der Waals surface area contributed by atoms with Crippen molar-refractivity contribution in [3.8, 4) is 5.75 Å². The first-order valence-electron chi connectivity index (χ1n) is 8.34. The van der Waals surface area contributed by atoms with Crippen molar-refractivity contribution in [3.05, 3.63) is 29.8 Å². The van der Waals surface area contributed by atoms with E-state index in [9.17, 15) is 0 Å². The van der Waals surface area contributed by atoms with Crippen LogP contribution < -0.4 is 10.1 Å². The van der Waals surface area contributed by atoms with E-state index >= 15 is 0 Å². The number of benzene rings is 1. The van der Waals surface area contributed by atoms with E-state index in [4.69, 9.17) is 4.74 Å². The van der Waals surface area contributed by atoms with Crippen LogP contribution in [0.25, 0.3) is 0 Å². The van der Waals surface area contributed by atoms with Crippen LogP contribution in [0.3, 0.4) is 0 Å². The second-order valence-electron chi connectivity index (χ2n) is 6.43. The Hall–Kier alpha value is -1.02. The smallest absolute Gasteiger partial charge is 0.124 e. The average Bonchev–Trinajstić information content (AvgIpc) is 2.74. The summed E-state index contributed by atoms with van der Waals surface area (Å²) in [6.45, 7) is 3.11. The zero-order valence-corrected chi connectivity index (χ0v) is 12.6. The minimum atomic E-state index is 0.402. The van der Waals surface area contributed by atoms with E-state index in [-0.39, 0.29) is 0 Å². The summed E-state index contributed by atoms with van der Waals surface area (Å²) in [6, 6.07) is 9.54. The van der Waals surface area contributed by atoms with Crippen LogP contribution in [0, 0.1) is 5.92 Å². The minimum absolute atomic E-state index is 0.402. The lowest BCUT2D eigenvalue weighted by atomic mass is 9.95. The molecule has 1 saturated carbocycles. The summed E-state index contributed by atoms with van der Waals surface area (Å²) in [6.07, 6.45) is 9.65. The highest BCUT2D eigenvalue weighted by Gasteiger charge is 2.27. The van der Waals surface area contributed by atoms with E-state index in [1.54, 1.807) is 0 Å². The number of hydrogen-bond acceptors (Lipinski definition) is 2. The topological polar surface area (TPSA) is 21.3 Å². The third-order valence-electron chi connectivity index (χ3n) is 4.92. The second-order valence-corrected chi connectivity index (χ2v) is 6.43. The van der Waals surface area contributed by atoms with Gasteiger partial charge in [-0.3, -0.25) is 0 Å². The molecule has 3 atom stereocenters. The maximum Gasteiger partial charge on any atom is 0.124 e. The van der Waals surface area contributed by atoms with Crippen molar-refractivity contribution in [3.63, 3.8) is 0 Å². The van der Waals surface area contributed by atoms with Crippen LogP contribution in [0.1, 0.15) is 63.5 Å². The molecule has 110 valence electrons. The van der Waals surface area contributed by atoms with Crippen molar-refractivity contribution < 1.29 is 4.74 Å². The van der Waals surface area contributed by atoms with Crippen molar-refractivity contribution in [1.82, 2.24) is 5.32 Å². The molecule has 0 bridgehead atoms. The molecule has 0 spiro atoms. The van der Waals surface area contributed by atoms with Crippen LogP contribution in [0.4, 0.5) is 0 Å². The molecular formula is C18H27NO. The zero-order valence-electron chi connectivity index (χ0n) is 12.6. The Balaban J connectivity index is 1.56. The van der Waals surface area contributed by atoms with E-state index in [2.05, 4.69) is 36.5 Å². The predicted molar refractivity (Wildman–Crippen MR) is 83.1 cm³/mol. The Morgan fingerprint density at radius 1 is 1.15 bits per heavy atom. The third kappa shape index (κ3) is 3.17. The fourth-order valence-corrected chi connectivity index (χ4v) is 3.83. The summed E-state index contributed by atoms with van der Waals surface area (Å²) in [5, 5.41) is 3.85. The van der Waals surface area contributed by atoms with Crippen molar-refractivity contribution in [1.29, 1.82) is 0 Å². The van der Waals surface area contributed by atoms with Crippen LogP contribution in [0.15, 0.2) is 24.3 Å². The largest absolute Gasteiger partial charge is 0.491 e. The van der Waals surface area contributed by atoms with E-state index in [0.29, 0.717) is 12.1 Å². The number of nitrogens with one attached hydrogen (secondary N) is 1. The van der Waals surface area contributed by atoms with Gasteiger partial charge in [-0.15, -0.1) is 0 Å². The molecule has 1 aromatic rings. The Kier molecular flexibility index (Phi) is 4.62. The van der Waals surface area contributed by atoms with Gasteiger partial charge in [-0.25, -0.2) is 0 Å². The number of para-hydroxylation sites is 1. The van der Waals surface area contributed by atoms with Gasteiger partial charge >= 0.3 is 0 Å². The lowest BCUT2D eigenvalue weighted by Crippen LogP contribution is -2.33. The van der Waals surface area contributed by atoms with Crippen molar-refractivity contribution in [2.45, 2.75) is 64.0 Å². The fraction of sp³-hybridized carbons (Fsp3) is 0.667. The Bertz CT molecular complexity index is 431. The summed E-state index contributed by atoms with van der Waals surface area (Å²) >= 11 is 0. The second kappa shape index (κ2) is 6.62. The highest BCUT2D eigenvalue weighted by atomic mass is 16.5. The standard InChI is InChI=1S/C18H27NO/c1-2-6-14-7-5-8-15(12-11-14)19-17-13-20-18-10-4-3-9-16(17)18/h3-4,9-10,14-15,17,19H,2,5-8,11-13H2,1H3. The maximum absolute atomic E-state index is 5.78. The summed E-state index contributed by atoms with van der Waals surface area (Å²) in [7, 11) is 0. The van der Waals surface area contributed by atoms with Crippen LogP contribution in [0.5, 0.6) is 5.75 Å². The van der Waals surface area contributed by atoms with Gasteiger partial charge in [0.05, 0.1) is 6.04 Å². The molecule has 0 saturated heterocycles. The first kappa shape index (κ1) is 13.9. The highest BCUT2D eigenvalue weighted by Crippen LogP contribution is 2.34. The van der Waals surface area contributed by atoms with Gasteiger partial charge in [0.2, 0.25) is 0 Å². The predicted octanol–water partition coefficient (Wildman–Crippen LogP) is 4.46. The van der Waals surface area contributed by atoms with Crippen LogP contribution in [-0.2, 0) is 0 Å². The SMILES string of the molecule is CCCC1CCCC(NC2COc3ccccc32)CC1. The lowest BCUT2D eigenvalue weighted by Gasteiger charge is -2.21. The van der Waals surface area contributed by atoms with Crippen molar-refractivity contribution in [2.75, 3.05) is 6.61 Å². The minimum Gasteiger partial charge on any atom is -0.491 e. The molecule has 2 nitrogen and oxygen atoms in total. The van der Waals surface area contributed by atoms with E-state index < -0.39 is 0 Å². The molecule has 1 aliphatic carbocycles. The van der Waals surface area contributed by atoms with Gasteiger partial charge in [0.25, 0.3) is 0 Å². The molecule has 1 fully saturated rings. The van der Waals surface area contributed by atoms with Gasteiger partial charge in [-0.2, -0.15) is 0 Å². The number of ether oxygens (including phenoxy) is 1. The van der Waals surface area contributed by atoms with Gasteiger partial charge in [-0.1, -0.05) is 50.8 Å². The van der Waals surface area contributed by atoms with E-state index in [1.165, 1.54) is 50.5 Å². The van der Waals surface area contributed by atoms with Crippen LogP contribution in [-0.4, -0.2) is 12.6 Å². The molecule has 0 radical (unpaired) electrons. The first-order valence-corrected chi connectivity index (χ1v) is 8.34. The lowest BCUT2D eigenvalue weighted by molar-refractivity contribution is 0.288. The molecule has 1 aliphatic heterocycles. The molecule has 20 heavy (non-hydrogen) atoms. The first-order chi connectivity index (χ1) is 9.86. The van der Waals surface area contributed by atoms with E-state index in [0.717, 1.165) is 18.3 Å². The fourth-order valence-electron chi connectivity index (χ4n) is 3.83. The molecule has 1 heterocycles. The quantitative estimate of drug-likeness (QED) is 0.818. The normalized spacial score (nSPS) is 29.6. The molecular weight excluding hydrogens is 246 g/mol. The molecule has 1 aromatic carbocycles. The third-order valence-corrected chi connectivity index (χ3v) is 4.92. The summed E-state index contributed by atoms with van der Waals surface area (Å²) in [4.78, 5) is 0. The van der Waals surface area contributed by atoms with Gasteiger partial charge in [0.1, 0.15) is 12.4 Å². The molecule has 2 aliphatic rings. The van der Waals surface area contributed by atoms with Gasteiger partial charge in [0.15, 0.2) is 0 Å². The molecule has 3 unspecified atom stereocenters. The summed E-state index contributed by atoms with van der Waals surface area (Å²) in [5.41, 5.74) is 1.35. The Morgan fingerprint density at radius 3 is 2.95 bits per heavy atom. The van der Waals surface area contributed by atoms with Gasteiger partial charge < -0.3 is 10.1 Å². The average molecular weight is 273 g/mol. The van der Waals surface area contributed by atoms with Gasteiger partial charge in [-0.05, 0) is 31.2 Å². The summed E-state index contributed by atoms with van der Waals surface area (Å²) < 4.78 is 5.78.